The highest BCUT2D eigenvalue weighted by Gasteiger charge is 2.39. The monoisotopic (exact) mass is 593 g/mol. The molecule has 3 unspecified atom stereocenters. The van der Waals surface area contributed by atoms with E-state index in [0.717, 1.165) is 54.4 Å². The van der Waals surface area contributed by atoms with Crippen molar-refractivity contribution in [1.82, 2.24) is 15.5 Å². The van der Waals surface area contributed by atoms with Crippen molar-refractivity contribution in [3.63, 3.8) is 0 Å². The van der Waals surface area contributed by atoms with E-state index in [0.29, 0.717) is 12.5 Å². The van der Waals surface area contributed by atoms with E-state index in [1.807, 2.05) is 69.3 Å². The number of benzene rings is 2. The molecule has 7 heteroatoms. The van der Waals surface area contributed by atoms with E-state index in [-0.39, 0.29) is 24.3 Å². The van der Waals surface area contributed by atoms with E-state index in [4.69, 9.17) is 4.74 Å². The SMILES string of the molecule is CCCCCNC(=O)C(c1cc(C)ccc1C)N(C(=O)C(Cc1ccccc1)NC(=O)OC(C)(C)C)C(C)CCC(C)C. The van der Waals surface area contributed by atoms with Gasteiger partial charge >= 0.3 is 6.09 Å². The fourth-order valence-corrected chi connectivity index (χ4v) is 5.15. The molecule has 0 fully saturated rings. The molecule has 7 nitrogen and oxygen atoms in total. The van der Waals surface area contributed by atoms with Crippen LogP contribution >= 0.6 is 0 Å². The molecule has 43 heavy (non-hydrogen) atoms. The number of rotatable bonds is 15. The first-order chi connectivity index (χ1) is 20.2. The van der Waals surface area contributed by atoms with Crippen LogP contribution < -0.4 is 10.6 Å². The van der Waals surface area contributed by atoms with Gasteiger partial charge in [-0.2, -0.15) is 0 Å². The largest absolute Gasteiger partial charge is 0.444 e. The molecule has 0 aromatic heterocycles. The average molecular weight is 594 g/mol. The molecule has 0 heterocycles. The number of ether oxygens (including phenoxy) is 1. The van der Waals surface area contributed by atoms with Crippen LogP contribution in [0.5, 0.6) is 0 Å². The molecule has 0 aliphatic heterocycles. The highest BCUT2D eigenvalue weighted by Crippen LogP contribution is 2.30. The zero-order chi connectivity index (χ0) is 32.2. The minimum atomic E-state index is -0.931. The molecule has 238 valence electrons. The molecule has 0 saturated heterocycles. The van der Waals surface area contributed by atoms with Gasteiger partial charge in [0.25, 0.3) is 0 Å². The van der Waals surface area contributed by atoms with Crippen LogP contribution in [0.3, 0.4) is 0 Å². The van der Waals surface area contributed by atoms with Gasteiger partial charge in [-0.05, 0) is 83.4 Å². The molecular formula is C36H55N3O4. The van der Waals surface area contributed by atoms with E-state index in [2.05, 4.69) is 31.4 Å². The maximum Gasteiger partial charge on any atom is 0.408 e. The summed E-state index contributed by atoms with van der Waals surface area (Å²) in [7, 11) is 0. The lowest BCUT2D eigenvalue weighted by molar-refractivity contribution is -0.145. The van der Waals surface area contributed by atoms with Crippen molar-refractivity contribution in [2.24, 2.45) is 5.92 Å². The van der Waals surface area contributed by atoms with Crippen LogP contribution in [0.1, 0.15) is 109 Å². The molecule has 2 N–H and O–H groups in total. The number of unbranched alkanes of at least 4 members (excludes halogenated alkanes) is 2. The average Bonchev–Trinajstić information content (AvgIpc) is 2.93. The Morgan fingerprint density at radius 1 is 0.930 bits per heavy atom. The number of aryl methyl sites for hydroxylation is 2. The van der Waals surface area contributed by atoms with Crippen molar-refractivity contribution < 1.29 is 19.1 Å². The van der Waals surface area contributed by atoms with E-state index < -0.39 is 23.8 Å². The molecule has 3 amide bonds. The third kappa shape index (κ3) is 12.0. The van der Waals surface area contributed by atoms with Gasteiger partial charge in [0.15, 0.2) is 0 Å². The number of amides is 3. The summed E-state index contributed by atoms with van der Waals surface area (Å²) in [5.74, 6) is -0.0766. The van der Waals surface area contributed by atoms with Gasteiger partial charge < -0.3 is 20.3 Å². The predicted molar refractivity (Wildman–Crippen MR) is 175 cm³/mol. The normalized spacial score (nSPS) is 13.6. The zero-order valence-electron chi connectivity index (χ0n) is 28.0. The van der Waals surface area contributed by atoms with Crippen LogP contribution in [-0.4, -0.2) is 47.0 Å². The third-order valence-corrected chi connectivity index (χ3v) is 7.50. The summed E-state index contributed by atoms with van der Waals surface area (Å²) in [5.41, 5.74) is 2.92. The summed E-state index contributed by atoms with van der Waals surface area (Å²) in [5, 5.41) is 6.00. The summed E-state index contributed by atoms with van der Waals surface area (Å²) < 4.78 is 5.58. The van der Waals surface area contributed by atoms with Gasteiger partial charge in [0.05, 0.1) is 0 Å². The number of nitrogens with zero attached hydrogens (tertiary/aromatic N) is 1. The number of nitrogens with one attached hydrogen (secondary N) is 2. The lowest BCUT2D eigenvalue weighted by Gasteiger charge is -2.39. The van der Waals surface area contributed by atoms with Crippen molar-refractivity contribution in [3.05, 3.63) is 70.8 Å². The summed E-state index contributed by atoms with van der Waals surface area (Å²) in [6.07, 6.45) is 4.15. The summed E-state index contributed by atoms with van der Waals surface area (Å²) in [6, 6.07) is 13.6. The molecule has 0 saturated carbocycles. The maximum absolute atomic E-state index is 14.8. The van der Waals surface area contributed by atoms with Crippen LogP contribution in [0.25, 0.3) is 0 Å². The molecule has 0 radical (unpaired) electrons. The Labute approximate surface area is 260 Å². The number of alkyl carbamates (subject to hydrolysis) is 1. The molecule has 2 aromatic rings. The first-order valence-electron chi connectivity index (χ1n) is 15.9. The number of carbonyl (C=O) groups excluding carboxylic acids is 3. The van der Waals surface area contributed by atoms with Gasteiger partial charge in [0.1, 0.15) is 17.7 Å². The molecular weight excluding hydrogens is 538 g/mol. The van der Waals surface area contributed by atoms with E-state index >= 15 is 0 Å². The Balaban J connectivity index is 2.65. The summed E-state index contributed by atoms with van der Waals surface area (Å²) in [6.45, 7) is 18.3. The van der Waals surface area contributed by atoms with E-state index in [1.54, 1.807) is 25.7 Å². The molecule has 0 spiro atoms. The second-order valence-electron chi connectivity index (χ2n) is 13.2. The summed E-state index contributed by atoms with van der Waals surface area (Å²) >= 11 is 0. The van der Waals surface area contributed by atoms with Crippen molar-refractivity contribution in [2.75, 3.05) is 6.54 Å². The number of carbonyl (C=O) groups is 3. The number of hydrogen-bond acceptors (Lipinski definition) is 4. The van der Waals surface area contributed by atoms with Crippen molar-refractivity contribution in [1.29, 1.82) is 0 Å². The van der Waals surface area contributed by atoms with Gasteiger partial charge in [-0.3, -0.25) is 9.59 Å². The highest BCUT2D eigenvalue weighted by atomic mass is 16.6. The molecule has 2 aromatic carbocycles. The Bertz CT molecular complexity index is 1170. The third-order valence-electron chi connectivity index (χ3n) is 7.50. The van der Waals surface area contributed by atoms with Gasteiger partial charge in [0.2, 0.25) is 11.8 Å². The second kappa shape index (κ2) is 17.1. The Morgan fingerprint density at radius 3 is 2.21 bits per heavy atom. The fourth-order valence-electron chi connectivity index (χ4n) is 5.15. The van der Waals surface area contributed by atoms with Crippen LogP contribution in [0.4, 0.5) is 4.79 Å². The molecule has 0 bridgehead atoms. The lowest BCUT2D eigenvalue weighted by Crippen LogP contribution is -2.56. The molecule has 0 aliphatic carbocycles. The predicted octanol–water partition coefficient (Wildman–Crippen LogP) is 7.44. The van der Waals surface area contributed by atoms with E-state index in [1.165, 1.54) is 0 Å². The quantitative estimate of drug-likeness (QED) is 0.210. The Hall–Kier alpha value is -3.35. The topological polar surface area (TPSA) is 87.7 Å². The van der Waals surface area contributed by atoms with Crippen molar-refractivity contribution in [2.45, 2.75) is 125 Å². The van der Waals surface area contributed by atoms with Crippen molar-refractivity contribution in [3.8, 4) is 0 Å². The molecule has 3 atom stereocenters. The fraction of sp³-hybridized carbons (Fsp3) is 0.583. The zero-order valence-corrected chi connectivity index (χ0v) is 28.0. The second-order valence-corrected chi connectivity index (χ2v) is 13.2. The molecule has 2 rings (SSSR count). The van der Waals surface area contributed by atoms with Gasteiger partial charge in [-0.25, -0.2) is 4.79 Å². The Morgan fingerprint density at radius 2 is 1.60 bits per heavy atom. The van der Waals surface area contributed by atoms with Crippen LogP contribution in [-0.2, 0) is 20.7 Å². The van der Waals surface area contributed by atoms with E-state index in [9.17, 15) is 14.4 Å². The number of hydrogen-bond donors (Lipinski definition) is 2. The van der Waals surface area contributed by atoms with Gasteiger partial charge in [-0.15, -0.1) is 0 Å². The van der Waals surface area contributed by atoms with Crippen LogP contribution in [0.2, 0.25) is 0 Å². The van der Waals surface area contributed by atoms with Gasteiger partial charge in [-0.1, -0.05) is 87.7 Å². The van der Waals surface area contributed by atoms with Crippen LogP contribution in [0.15, 0.2) is 48.5 Å². The first-order valence-corrected chi connectivity index (χ1v) is 15.9. The highest BCUT2D eigenvalue weighted by molar-refractivity contribution is 5.92. The smallest absolute Gasteiger partial charge is 0.408 e. The Kier molecular flexibility index (Phi) is 14.2. The minimum absolute atomic E-state index is 0.203. The minimum Gasteiger partial charge on any atom is -0.444 e. The standard InChI is InChI=1S/C36H55N3O4/c1-10-11-15-22-37-33(40)32(30-23-26(4)19-20-27(30)5)39(28(6)21-18-25(2)3)34(41)31(24-29-16-13-12-14-17-29)38-35(42)43-36(7,8)9/h12-14,16-17,19-20,23,25,28,31-32H,10-11,15,18,21-22,24H2,1-9H3,(H,37,40)(H,38,42). The maximum atomic E-state index is 14.8. The van der Waals surface area contributed by atoms with Gasteiger partial charge in [0, 0.05) is 19.0 Å². The van der Waals surface area contributed by atoms with Crippen LogP contribution in [0, 0.1) is 19.8 Å². The first kappa shape index (κ1) is 35.8. The lowest BCUT2D eigenvalue weighted by atomic mass is 9.93. The molecule has 0 aliphatic rings. The summed E-state index contributed by atoms with van der Waals surface area (Å²) in [4.78, 5) is 43.7. The van der Waals surface area contributed by atoms with Crippen molar-refractivity contribution >= 4 is 17.9 Å².